The summed E-state index contributed by atoms with van der Waals surface area (Å²) < 4.78 is 64.3. The van der Waals surface area contributed by atoms with Crippen molar-refractivity contribution in [1.82, 2.24) is 0 Å². The smallest absolute Gasteiger partial charge is 0.280 e. The molecule has 0 aliphatic rings. The van der Waals surface area contributed by atoms with E-state index in [-0.39, 0.29) is 16.1 Å². The van der Waals surface area contributed by atoms with Gasteiger partial charge in [-0.2, -0.15) is 18.4 Å². The average molecular weight is 326 g/mol. The minimum Gasteiger partial charge on any atom is -0.280 e. The minimum atomic E-state index is -4.58. The van der Waals surface area contributed by atoms with Gasteiger partial charge in [-0.25, -0.2) is 8.42 Å². The maximum atomic E-state index is 12.6. The Kier molecular flexibility index (Phi) is 4.10. The molecule has 0 saturated heterocycles. The summed E-state index contributed by atoms with van der Waals surface area (Å²) in [6, 6.07) is 11.0. The Labute approximate surface area is 124 Å². The highest BCUT2D eigenvalue weighted by Gasteiger charge is 2.30. The van der Waals surface area contributed by atoms with Crippen LogP contribution in [0.15, 0.2) is 53.4 Å². The molecule has 1 N–H and O–H groups in total. The Morgan fingerprint density at radius 3 is 2.36 bits per heavy atom. The number of anilines is 1. The molecule has 0 aromatic heterocycles. The highest BCUT2D eigenvalue weighted by Crippen LogP contribution is 2.31. The molecule has 8 heteroatoms. The van der Waals surface area contributed by atoms with Crippen molar-refractivity contribution in [2.75, 3.05) is 4.72 Å². The maximum Gasteiger partial charge on any atom is 0.416 e. The molecule has 0 heterocycles. The van der Waals surface area contributed by atoms with Gasteiger partial charge in [-0.3, -0.25) is 4.72 Å². The Hall–Kier alpha value is -2.53. The van der Waals surface area contributed by atoms with E-state index in [0.29, 0.717) is 6.07 Å². The average Bonchev–Trinajstić information content (AvgIpc) is 2.46. The van der Waals surface area contributed by atoms with Gasteiger partial charge in [-0.1, -0.05) is 18.2 Å². The summed E-state index contributed by atoms with van der Waals surface area (Å²) in [7, 11) is -4.16. The van der Waals surface area contributed by atoms with E-state index in [1.165, 1.54) is 30.3 Å². The van der Waals surface area contributed by atoms with E-state index in [0.717, 1.165) is 12.1 Å². The van der Waals surface area contributed by atoms with Crippen molar-refractivity contribution >= 4 is 15.7 Å². The highest BCUT2D eigenvalue weighted by molar-refractivity contribution is 7.92. The molecule has 0 spiro atoms. The molecule has 22 heavy (non-hydrogen) atoms. The van der Waals surface area contributed by atoms with Gasteiger partial charge >= 0.3 is 6.18 Å². The number of hydrogen-bond donors (Lipinski definition) is 1. The van der Waals surface area contributed by atoms with Crippen LogP contribution in [0, 0.1) is 11.3 Å². The Bertz CT molecular complexity index is 840. The molecule has 0 unspecified atom stereocenters. The van der Waals surface area contributed by atoms with Gasteiger partial charge in [0.1, 0.15) is 11.0 Å². The lowest BCUT2D eigenvalue weighted by Gasteiger charge is -2.11. The minimum absolute atomic E-state index is 0.0954. The fourth-order valence-electron chi connectivity index (χ4n) is 1.76. The van der Waals surface area contributed by atoms with Crippen molar-refractivity contribution in [3.63, 3.8) is 0 Å². The van der Waals surface area contributed by atoms with Crippen LogP contribution in [0.25, 0.3) is 0 Å². The second kappa shape index (κ2) is 5.69. The van der Waals surface area contributed by atoms with E-state index < -0.39 is 21.8 Å². The van der Waals surface area contributed by atoms with Crippen LogP contribution in [0.2, 0.25) is 0 Å². The summed E-state index contributed by atoms with van der Waals surface area (Å²) in [6.07, 6.45) is -4.58. The first kappa shape index (κ1) is 15.9. The number of nitriles is 1. The zero-order chi connectivity index (χ0) is 16.4. The van der Waals surface area contributed by atoms with Gasteiger partial charge in [0.05, 0.1) is 11.1 Å². The molecular weight excluding hydrogens is 317 g/mol. The van der Waals surface area contributed by atoms with E-state index in [1.807, 2.05) is 4.72 Å². The third kappa shape index (κ3) is 3.38. The first-order valence-corrected chi connectivity index (χ1v) is 7.41. The zero-order valence-electron chi connectivity index (χ0n) is 10.9. The van der Waals surface area contributed by atoms with Crippen molar-refractivity contribution in [2.45, 2.75) is 11.1 Å². The normalized spacial score (nSPS) is 11.7. The van der Waals surface area contributed by atoms with E-state index in [4.69, 9.17) is 5.26 Å². The molecule has 0 bridgehead atoms. The standard InChI is InChI=1S/C14H9F3N2O2S/c15-14(16,17)11-5-3-6-12(8-11)19-22(20,21)13-7-2-1-4-10(13)9-18/h1-8,19H. The van der Waals surface area contributed by atoms with Crippen molar-refractivity contribution in [3.05, 3.63) is 59.7 Å². The van der Waals surface area contributed by atoms with Crippen LogP contribution in [0.1, 0.15) is 11.1 Å². The number of rotatable bonds is 3. The predicted octanol–water partition coefficient (Wildman–Crippen LogP) is 3.38. The van der Waals surface area contributed by atoms with Gasteiger partial charge in [0.25, 0.3) is 10.0 Å². The number of alkyl halides is 3. The first-order valence-electron chi connectivity index (χ1n) is 5.93. The lowest BCUT2D eigenvalue weighted by Crippen LogP contribution is -2.15. The summed E-state index contributed by atoms with van der Waals surface area (Å²) in [4.78, 5) is -0.296. The van der Waals surface area contributed by atoms with E-state index in [2.05, 4.69) is 0 Å². The van der Waals surface area contributed by atoms with Crippen LogP contribution >= 0.6 is 0 Å². The molecule has 2 aromatic rings. The summed E-state index contributed by atoms with van der Waals surface area (Å²) in [6.45, 7) is 0. The van der Waals surface area contributed by atoms with Crippen LogP contribution in [0.5, 0.6) is 0 Å². The number of benzene rings is 2. The summed E-state index contributed by atoms with van der Waals surface area (Å²) >= 11 is 0. The van der Waals surface area contributed by atoms with Crippen LogP contribution in [0.3, 0.4) is 0 Å². The molecule has 0 amide bonds. The predicted molar refractivity (Wildman–Crippen MR) is 73.4 cm³/mol. The number of hydrogen-bond acceptors (Lipinski definition) is 3. The molecule has 4 nitrogen and oxygen atoms in total. The van der Waals surface area contributed by atoms with Crippen LogP contribution in [0.4, 0.5) is 18.9 Å². The summed E-state index contributed by atoms with van der Waals surface area (Å²) in [5, 5.41) is 8.91. The fourth-order valence-corrected chi connectivity index (χ4v) is 2.97. The first-order chi connectivity index (χ1) is 10.2. The maximum absolute atomic E-state index is 12.6. The molecular formula is C14H9F3N2O2S. The molecule has 0 radical (unpaired) electrons. The molecule has 0 aliphatic carbocycles. The number of nitrogens with zero attached hydrogens (tertiary/aromatic N) is 1. The van der Waals surface area contributed by atoms with Gasteiger partial charge in [0.15, 0.2) is 0 Å². The topological polar surface area (TPSA) is 70.0 Å². The second-order valence-electron chi connectivity index (χ2n) is 4.29. The van der Waals surface area contributed by atoms with Crippen LogP contribution in [-0.2, 0) is 16.2 Å². The SMILES string of the molecule is N#Cc1ccccc1S(=O)(=O)Nc1cccc(C(F)(F)F)c1. The van der Waals surface area contributed by atoms with Crippen LogP contribution < -0.4 is 4.72 Å². The second-order valence-corrected chi connectivity index (χ2v) is 5.94. The molecule has 114 valence electrons. The van der Waals surface area contributed by atoms with E-state index in [1.54, 1.807) is 6.07 Å². The van der Waals surface area contributed by atoms with E-state index >= 15 is 0 Å². The van der Waals surface area contributed by atoms with Gasteiger partial charge < -0.3 is 0 Å². The van der Waals surface area contributed by atoms with E-state index in [9.17, 15) is 21.6 Å². The molecule has 0 fully saturated rings. The molecule has 0 atom stereocenters. The molecule has 0 aliphatic heterocycles. The summed E-state index contributed by atoms with van der Waals surface area (Å²) in [5.74, 6) is 0. The van der Waals surface area contributed by atoms with Crippen molar-refractivity contribution in [1.29, 1.82) is 5.26 Å². The zero-order valence-corrected chi connectivity index (χ0v) is 11.7. The molecule has 2 aromatic carbocycles. The Morgan fingerprint density at radius 1 is 1.05 bits per heavy atom. The lowest BCUT2D eigenvalue weighted by molar-refractivity contribution is -0.137. The van der Waals surface area contributed by atoms with Crippen molar-refractivity contribution in [3.8, 4) is 6.07 Å². The lowest BCUT2D eigenvalue weighted by atomic mass is 10.2. The molecule has 0 saturated carbocycles. The summed E-state index contributed by atoms with van der Waals surface area (Å²) in [5.41, 5.74) is -1.30. The van der Waals surface area contributed by atoms with Gasteiger partial charge in [-0.15, -0.1) is 0 Å². The van der Waals surface area contributed by atoms with Crippen molar-refractivity contribution < 1.29 is 21.6 Å². The van der Waals surface area contributed by atoms with Crippen LogP contribution in [-0.4, -0.2) is 8.42 Å². The van der Waals surface area contributed by atoms with Gasteiger partial charge in [0.2, 0.25) is 0 Å². The highest BCUT2D eigenvalue weighted by atomic mass is 32.2. The number of sulfonamides is 1. The van der Waals surface area contributed by atoms with Gasteiger partial charge in [0, 0.05) is 5.69 Å². The van der Waals surface area contributed by atoms with Gasteiger partial charge in [-0.05, 0) is 30.3 Å². The fraction of sp³-hybridized carbons (Fsp3) is 0.0714. The third-order valence-electron chi connectivity index (χ3n) is 2.74. The third-order valence-corrected chi connectivity index (χ3v) is 4.18. The monoisotopic (exact) mass is 326 g/mol. The Morgan fingerprint density at radius 2 is 1.73 bits per heavy atom. The quantitative estimate of drug-likeness (QED) is 0.940. The number of nitrogens with one attached hydrogen (secondary N) is 1. The Balaban J connectivity index is 2.40. The van der Waals surface area contributed by atoms with Crippen molar-refractivity contribution in [2.24, 2.45) is 0 Å². The largest absolute Gasteiger partial charge is 0.416 e. The molecule has 2 rings (SSSR count). The number of halogens is 3.